The summed E-state index contributed by atoms with van der Waals surface area (Å²) in [6, 6.07) is 1.74. The van der Waals surface area contributed by atoms with Crippen LogP contribution in [0.1, 0.15) is 55.9 Å². The number of hydrogen-bond donors (Lipinski definition) is 1. The van der Waals surface area contributed by atoms with Gasteiger partial charge in [0.2, 0.25) is 0 Å². The number of fused-ring (bicyclic) bond motifs is 1. The summed E-state index contributed by atoms with van der Waals surface area (Å²) in [6.07, 6.45) is 0. The molecule has 0 atom stereocenters. The van der Waals surface area contributed by atoms with Crippen molar-refractivity contribution in [2.75, 3.05) is 0 Å². The van der Waals surface area contributed by atoms with E-state index in [9.17, 15) is 4.79 Å². The molecule has 0 fully saturated rings. The van der Waals surface area contributed by atoms with Gasteiger partial charge in [0.25, 0.3) is 0 Å². The van der Waals surface area contributed by atoms with Crippen molar-refractivity contribution in [3.8, 4) is 0 Å². The summed E-state index contributed by atoms with van der Waals surface area (Å²) in [4.78, 5) is 12.4. The molecule has 18 heavy (non-hydrogen) atoms. The Bertz CT molecular complexity index is 602. The van der Waals surface area contributed by atoms with Crippen LogP contribution in [0.15, 0.2) is 6.07 Å². The predicted octanol–water partition coefficient (Wildman–Crippen LogP) is 3.67. The molecule has 0 amide bonds. The van der Waals surface area contributed by atoms with Gasteiger partial charge in [-0.1, -0.05) is 13.8 Å². The highest BCUT2D eigenvalue weighted by molar-refractivity contribution is 7.20. The molecule has 2 aromatic heterocycles. The molecular formula is C13H18N2O2S. The van der Waals surface area contributed by atoms with Crippen LogP contribution < -0.4 is 0 Å². The van der Waals surface area contributed by atoms with Gasteiger partial charge in [-0.2, -0.15) is 5.10 Å². The topological polar surface area (TPSA) is 55.1 Å². The predicted molar refractivity (Wildman–Crippen MR) is 73.7 cm³/mol. The Hall–Kier alpha value is -1.36. The molecule has 2 rings (SSSR count). The van der Waals surface area contributed by atoms with Crippen LogP contribution in [-0.4, -0.2) is 20.9 Å². The Balaban J connectivity index is 2.76. The molecule has 0 spiro atoms. The van der Waals surface area contributed by atoms with E-state index in [0.717, 1.165) is 15.9 Å². The highest BCUT2D eigenvalue weighted by atomic mass is 32.1. The van der Waals surface area contributed by atoms with Crippen molar-refractivity contribution < 1.29 is 9.90 Å². The number of nitrogens with zero attached hydrogens (tertiary/aromatic N) is 2. The van der Waals surface area contributed by atoms with Crippen LogP contribution in [0.5, 0.6) is 0 Å². The molecule has 0 saturated heterocycles. The van der Waals surface area contributed by atoms with Crippen LogP contribution in [0.25, 0.3) is 10.2 Å². The standard InChI is InChI=1S/C13H18N2O2S/c1-7(2)10-8-6-9(12(16)17)18-11(8)15(14-10)13(3,4)5/h6-7H,1-5H3,(H,16,17). The summed E-state index contributed by atoms with van der Waals surface area (Å²) in [7, 11) is 0. The second-order valence-electron chi connectivity index (χ2n) is 5.76. The molecular weight excluding hydrogens is 248 g/mol. The summed E-state index contributed by atoms with van der Waals surface area (Å²) in [5, 5.41) is 14.7. The van der Waals surface area contributed by atoms with Crippen LogP contribution >= 0.6 is 11.3 Å². The molecule has 0 unspecified atom stereocenters. The van der Waals surface area contributed by atoms with Crippen molar-refractivity contribution >= 4 is 27.5 Å². The molecule has 0 aliphatic carbocycles. The lowest BCUT2D eigenvalue weighted by Crippen LogP contribution is -2.22. The normalized spacial score (nSPS) is 12.6. The molecule has 0 aliphatic rings. The minimum Gasteiger partial charge on any atom is -0.477 e. The first kappa shape index (κ1) is 13.1. The first-order valence-electron chi connectivity index (χ1n) is 5.98. The van der Waals surface area contributed by atoms with Gasteiger partial charge in [0.05, 0.1) is 11.2 Å². The van der Waals surface area contributed by atoms with E-state index in [1.54, 1.807) is 6.07 Å². The first-order valence-corrected chi connectivity index (χ1v) is 6.79. The average molecular weight is 266 g/mol. The number of aromatic nitrogens is 2. The largest absolute Gasteiger partial charge is 0.477 e. The third-order valence-electron chi connectivity index (χ3n) is 2.78. The van der Waals surface area contributed by atoms with Crippen molar-refractivity contribution in [3.63, 3.8) is 0 Å². The monoisotopic (exact) mass is 266 g/mol. The zero-order chi connectivity index (χ0) is 13.7. The van der Waals surface area contributed by atoms with Crippen LogP contribution in [0, 0.1) is 0 Å². The quantitative estimate of drug-likeness (QED) is 0.902. The number of thiophene rings is 1. The van der Waals surface area contributed by atoms with E-state index in [1.807, 2.05) is 4.68 Å². The summed E-state index contributed by atoms with van der Waals surface area (Å²) < 4.78 is 1.94. The van der Waals surface area contributed by atoms with Gasteiger partial charge in [0.15, 0.2) is 0 Å². The smallest absolute Gasteiger partial charge is 0.345 e. The van der Waals surface area contributed by atoms with Gasteiger partial charge in [-0.05, 0) is 32.8 Å². The van der Waals surface area contributed by atoms with Crippen LogP contribution in [0.4, 0.5) is 0 Å². The molecule has 2 heterocycles. The molecule has 2 aromatic rings. The molecule has 0 bridgehead atoms. The summed E-state index contributed by atoms with van der Waals surface area (Å²) >= 11 is 1.30. The lowest BCUT2D eigenvalue weighted by molar-refractivity contribution is 0.0702. The minimum absolute atomic E-state index is 0.147. The zero-order valence-corrected chi connectivity index (χ0v) is 12.1. The Kier molecular flexibility index (Phi) is 2.97. The molecule has 0 saturated carbocycles. The van der Waals surface area contributed by atoms with E-state index in [2.05, 4.69) is 39.7 Å². The van der Waals surface area contributed by atoms with Crippen molar-refractivity contribution in [2.24, 2.45) is 0 Å². The van der Waals surface area contributed by atoms with Crippen molar-refractivity contribution in [1.82, 2.24) is 9.78 Å². The van der Waals surface area contributed by atoms with Crippen LogP contribution in [0.3, 0.4) is 0 Å². The Morgan fingerprint density at radius 1 is 1.44 bits per heavy atom. The third-order valence-corrected chi connectivity index (χ3v) is 3.88. The summed E-state index contributed by atoms with van der Waals surface area (Å²) in [5.41, 5.74) is 0.829. The number of carboxylic acids is 1. The number of carbonyl (C=O) groups is 1. The van der Waals surface area contributed by atoms with Crippen LogP contribution in [0.2, 0.25) is 0 Å². The fourth-order valence-electron chi connectivity index (χ4n) is 1.92. The third kappa shape index (κ3) is 2.03. The fourth-order valence-corrected chi connectivity index (χ4v) is 3.06. The molecule has 0 radical (unpaired) electrons. The van der Waals surface area contributed by atoms with Crippen molar-refractivity contribution in [1.29, 1.82) is 0 Å². The number of carboxylic acid groups (broad SMARTS) is 1. The van der Waals surface area contributed by atoms with Gasteiger partial charge in [-0.3, -0.25) is 0 Å². The minimum atomic E-state index is -0.869. The van der Waals surface area contributed by atoms with Crippen molar-refractivity contribution in [3.05, 3.63) is 16.6 Å². The van der Waals surface area contributed by atoms with E-state index in [0.29, 0.717) is 4.88 Å². The average Bonchev–Trinajstić information content (AvgIpc) is 2.70. The second-order valence-corrected chi connectivity index (χ2v) is 6.79. The van der Waals surface area contributed by atoms with E-state index in [4.69, 9.17) is 5.11 Å². The maximum atomic E-state index is 11.1. The van der Waals surface area contributed by atoms with Gasteiger partial charge in [0, 0.05) is 5.39 Å². The van der Waals surface area contributed by atoms with Gasteiger partial charge in [-0.15, -0.1) is 11.3 Å². The number of hydrogen-bond acceptors (Lipinski definition) is 3. The van der Waals surface area contributed by atoms with Crippen LogP contribution in [-0.2, 0) is 5.54 Å². The maximum absolute atomic E-state index is 11.1. The molecule has 98 valence electrons. The highest BCUT2D eigenvalue weighted by Crippen LogP contribution is 2.34. The van der Waals surface area contributed by atoms with Gasteiger partial charge >= 0.3 is 5.97 Å². The zero-order valence-electron chi connectivity index (χ0n) is 11.3. The summed E-state index contributed by atoms with van der Waals surface area (Å²) in [5.74, 6) is -0.585. The van der Waals surface area contributed by atoms with Gasteiger partial charge < -0.3 is 5.11 Å². The first-order chi connectivity index (χ1) is 8.21. The molecule has 5 heteroatoms. The Morgan fingerprint density at radius 2 is 2.06 bits per heavy atom. The van der Waals surface area contributed by atoms with E-state index in [1.165, 1.54) is 11.3 Å². The fraction of sp³-hybridized carbons (Fsp3) is 0.538. The lowest BCUT2D eigenvalue weighted by Gasteiger charge is -2.19. The van der Waals surface area contributed by atoms with E-state index >= 15 is 0 Å². The number of aromatic carboxylic acids is 1. The number of rotatable bonds is 2. The second kappa shape index (κ2) is 4.09. The van der Waals surface area contributed by atoms with E-state index < -0.39 is 5.97 Å². The van der Waals surface area contributed by atoms with Crippen molar-refractivity contribution in [2.45, 2.75) is 46.1 Å². The molecule has 0 aromatic carbocycles. The van der Waals surface area contributed by atoms with E-state index in [-0.39, 0.29) is 11.5 Å². The maximum Gasteiger partial charge on any atom is 0.345 e. The Morgan fingerprint density at radius 3 is 2.50 bits per heavy atom. The highest BCUT2D eigenvalue weighted by Gasteiger charge is 2.24. The molecule has 1 N–H and O–H groups in total. The molecule has 0 aliphatic heterocycles. The molecule has 4 nitrogen and oxygen atoms in total. The summed E-state index contributed by atoms with van der Waals surface area (Å²) in [6.45, 7) is 10.4. The van der Waals surface area contributed by atoms with Gasteiger partial charge in [0.1, 0.15) is 9.71 Å². The SMILES string of the molecule is CC(C)c1nn(C(C)(C)C)c2sc(C(=O)O)cc12. The lowest BCUT2D eigenvalue weighted by atomic mass is 10.1. The Labute approximate surface area is 110 Å². The van der Waals surface area contributed by atoms with Gasteiger partial charge in [-0.25, -0.2) is 9.48 Å².